The molecule has 0 fully saturated rings. The molecule has 1 aliphatic heterocycles. The summed E-state index contributed by atoms with van der Waals surface area (Å²) >= 11 is 0. The van der Waals surface area contributed by atoms with Crippen LogP contribution in [0.1, 0.15) is 6.92 Å². The zero-order chi connectivity index (χ0) is 6.69. The van der Waals surface area contributed by atoms with Gasteiger partial charge in [-0.05, 0) is 6.92 Å². The van der Waals surface area contributed by atoms with E-state index in [1.165, 1.54) is 6.26 Å². The molecule has 9 heavy (non-hydrogen) atoms. The Morgan fingerprint density at radius 2 is 2.67 bits per heavy atom. The highest BCUT2D eigenvalue weighted by molar-refractivity contribution is 5.89. The molecule has 3 heteroatoms. The second-order valence-electron chi connectivity index (χ2n) is 1.67. The fourth-order valence-electron chi connectivity index (χ4n) is 0.497. The van der Waals surface area contributed by atoms with Crippen molar-refractivity contribution in [2.75, 3.05) is 13.2 Å². The molecule has 0 atom stereocenters. The van der Waals surface area contributed by atoms with Crippen LogP contribution in [-0.2, 0) is 14.3 Å². The van der Waals surface area contributed by atoms with Crippen molar-refractivity contribution in [1.82, 2.24) is 0 Å². The maximum Gasteiger partial charge on any atom is 0.340 e. The smallest absolute Gasteiger partial charge is 0.340 e. The molecule has 0 aromatic heterocycles. The number of rotatable bonds is 2. The molecule has 3 nitrogen and oxygen atoms in total. The second-order valence-corrected chi connectivity index (χ2v) is 1.67. The highest BCUT2D eigenvalue weighted by Gasteiger charge is 2.16. The fraction of sp³-hybridized carbons (Fsp3) is 0.500. The first-order valence-corrected chi connectivity index (χ1v) is 2.82. The van der Waals surface area contributed by atoms with E-state index in [1.54, 1.807) is 6.92 Å². The fourth-order valence-corrected chi connectivity index (χ4v) is 0.497. The summed E-state index contributed by atoms with van der Waals surface area (Å²) in [6, 6.07) is 0. The van der Waals surface area contributed by atoms with Crippen LogP contribution in [0.25, 0.3) is 0 Å². The van der Waals surface area contributed by atoms with E-state index in [4.69, 9.17) is 0 Å². The number of hydrogen-bond acceptors (Lipinski definition) is 3. The molecule has 0 amide bonds. The van der Waals surface area contributed by atoms with Crippen molar-refractivity contribution in [2.24, 2.45) is 0 Å². The molecule has 1 rings (SSSR count). The molecule has 1 heterocycles. The third kappa shape index (κ3) is 1.22. The van der Waals surface area contributed by atoms with Crippen LogP contribution in [0.5, 0.6) is 0 Å². The van der Waals surface area contributed by atoms with Crippen LogP contribution >= 0.6 is 0 Å². The molecule has 0 N–H and O–H groups in total. The summed E-state index contributed by atoms with van der Waals surface area (Å²) in [5.41, 5.74) is 0.622. The number of esters is 1. The Labute approximate surface area is 53.3 Å². The van der Waals surface area contributed by atoms with Crippen LogP contribution in [0, 0.1) is 0 Å². The third-order valence-corrected chi connectivity index (χ3v) is 1.00. The van der Waals surface area contributed by atoms with Crippen molar-refractivity contribution in [2.45, 2.75) is 6.92 Å². The first kappa shape index (κ1) is 6.13. The Morgan fingerprint density at radius 1 is 2.00 bits per heavy atom. The zero-order valence-electron chi connectivity index (χ0n) is 5.22. The van der Waals surface area contributed by atoms with Gasteiger partial charge in [-0.2, -0.15) is 0 Å². The lowest BCUT2D eigenvalue weighted by atomic mass is 10.3. The van der Waals surface area contributed by atoms with Gasteiger partial charge >= 0.3 is 5.97 Å². The first-order chi connectivity index (χ1) is 4.34. The number of carbonyl (C=O) groups excluding carboxylic acids is 1. The highest BCUT2D eigenvalue weighted by atomic mass is 16.5. The minimum Gasteiger partial charge on any atom is -0.495 e. The molecule has 0 bridgehead atoms. The molecule has 0 aromatic carbocycles. The summed E-state index contributed by atoms with van der Waals surface area (Å²) in [5, 5.41) is 0. The van der Waals surface area contributed by atoms with E-state index < -0.39 is 0 Å². The monoisotopic (exact) mass is 128 g/mol. The predicted octanol–water partition coefficient (Wildman–Crippen LogP) is 0.464. The van der Waals surface area contributed by atoms with E-state index in [-0.39, 0.29) is 5.97 Å². The van der Waals surface area contributed by atoms with E-state index in [0.29, 0.717) is 18.8 Å². The van der Waals surface area contributed by atoms with Gasteiger partial charge in [0, 0.05) is 0 Å². The molecule has 0 spiro atoms. The van der Waals surface area contributed by atoms with Gasteiger partial charge in [-0.1, -0.05) is 0 Å². The van der Waals surface area contributed by atoms with E-state index in [9.17, 15) is 4.79 Å². The molecule has 0 aromatic rings. The topological polar surface area (TPSA) is 35.5 Å². The van der Waals surface area contributed by atoms with Crippen molar-refractivity contribution < 1.29 is 14.3 Å². The Morgan fingerprint density at radius 3 is 3.00 bits per heavy atom. The number of hydrogen-bond donors (Lipinski definition) is 0. The molecule has 0 saturated carbocycles. The maximum absolute atomic E-state index is 10.7. The van der Waals surface area contributed by atoms with Crippen LogP contribution < -0.4 is 0 Å². The van der Waals surface area contributed by atoms with Gasteiger partial charge in [0.25, 0.3) is 0 Å². The van der Waals surface area contributed by atoms with Crippen molar-refractivity contribution in [3.8, 4) is 0 Å². The van der Waals surface area contributed by atoms with Gasteiger partial charge in [0.2, 0.25) is 0 Å². The summed E-state index contributed by atoms with van der Waals surface area (Å²) < 4.78 is 9.30. The Hall–Kier alpha value is -0.990. The summed E-state index contributed by atoms with van der Waals surface area (Å²) in [6.45, 7) is 2.60. The standard InChI is InChI=1S/C6H8O3/c1-2-9-6(7)5-3-8-4-5/h3H,2,4H2,1H3. The summed E-state index contributed by atoms with van der Waals surface area (Å²) in [6.07, 6.45) is 1.41. The van der Waals surface area contributed by atoms with Gasteiger partial charge in [-0.15, -0.1) is 0 Å². The van der Waals surface area contributed by atoms with Crippen molar-refractivity contribution in [3.05, 3.63) is 11.8 Å². The number of ether oxygens (including phenoxy) is 2. The van der Waals surface area contributed by atoms with E-state index in [1.807, 2.05) is 0 Å². The number of carbonyl (C=O) groups is 1. The van der Waals surface area contributed by atoms with Crippen LogP contribution in [0.4, 0.5) is 0 Å². The average Bonchev–Trinajstić information content (AvgIpc) is 1.60. The van der Waals surface area contributed by atoms with Crippen LogP contribution in [0.3, 0.4) is 0 Å². The minimum absolute atomic E-state index is 0.260. The molecule has 0 aliphatic carbocycles. The Kier molecular flexibility index (Phi) is 1.72. The largest absolute Gasteiger partial charge is 0.495 e. The quantitative estimate of drug-likeness (QED) is 0.507. The second kappa shape index (κ2) is 2.53. The lowest BCUT2D eigenvalue weighted by molar-refractivity contribution is -0.140. The van der Waals surface area contributed by atoms with Gasteiger partial charge in [0.1, 0.15) is 12.2 Å². The third-order valence-electron chi connectivity index (χ3n) is 1.00. The van der Waals surface area contributed by atoms with Crippen LogP contribution in [0.2, 0.25) is 0 Å². The Balaban J connectivity index is 2.33. The van der Waals surface area contributed by atoms with E-state index >= 15 is 0 Å². The van der Waals surface area contributed by atoms with Gasteiger partial charge < -0.3 is 9.47 Å². The lowest BCUT2D eigenvalue weighted by Gasteiger charge is -2.13. The molecule has 0 unspecified atom stereocenters. The minimum atomic E-state index is -0.260. The molecule has 50 valence electrons. The maximum atomic E-state index is 10.7. The first-order valence-electron chi connectivity index (χ1n) is 2.82. The van der Waals surface area contributed by atoms with E-state index in [0.717, 1.165) is 0 Å². The SMILES string of the molecule is CCOC(=O)C1=COC1. The molecule has 1 aliphatic rings. The van der Waals surface area contributed by atoms with Gasteiger partial charge in [-0.25, -0.2) is 4.79 Å². The van der Waals surface area contributed by atoms with Crippen LogP contribution in [0.15, 0.2) is 11.8 Å². The zero-order valence-corrected chi connectivity index (χ0v) is 5.22. The molecular formula is C6H8O3. The van der Waals surface area contributed by atoms with Crippen molar-refractivity contribution >= 4 is 5.97 Å². The summed E-state index contributed by atoms with van der Waals surface area (Å²) in [4.78, 5) is 10.7. The van der Waals surface area contributed by atoms with Gasteiger partial charge in [-0.3, -0.25) is 0 Å². The summed E-state index contributed by atoms with van der Waals surface area (Å²) in [7, 11) is 0. The normalized spacial score (nSPS) is 15.0. The Bertz CT molecular complexity index is 148. The lowest BCUT2D eigenvalue weighted by Crippen LogP contribution is -2.17. The predicted molar refractivity (Wildman–Crippen MR) is 30.7 cm³/mol. The van der Waals surface area contributed by atoms with Crippen molar-refractivity contribution in [3.63, 3.8) is 0 Å². The highest BCUT2D eigenvalue weighted by Crippen LogP contribution is 2.08. The summed E-state index contributed by atoms with van der Waals surface area (Å²) in [5.74, 6) is -0.260. The van der Waals surface area contributed by atoms with Gasteiger partial charge in [0.05, 0.1) is 12.9 Å². The van der Waals surface area contributed by atoms with Crippen LogP contribution in [-0.4, -0.2) is 19.2 Å². The average molecular weight is 128 g/mol. The van der Waals surface area contributed by atoms with E-state index in [2.05, 4.69) is 9.47 Å². The molecule has 0 saturated heterocycles. The molecular weight excluding hydrogens is 120 g/mol. The molecule has 0 radical (unpaired) electrons. The van der Waals surface area contributed by atoms with Gasteiger partial charge in [0.15, 0.2) is 0 Å². The van der Waals surface area contributed by atoms with Crippen molar-refractivity contribution in [1.29, 1.82) is 0 Å².